The highest BCUT2D eigenvalue weighted by molar-refractivity contribution is 6.30. The van der Waals surface area contributed by atoms with Crippen LogP contribution in [0.1, 0.15) is 0 Å². The predicted octanol–water partition coefficient (Wildman–Crippen LogP) is 3.14. The zero-order valence-electron chi connectivity index (χ0n) is 7.31. The lowest BCUT2D eigenvalue weighted by atomic mass is 10.2. The van der Waals surface area contributed by atoms with Crippen molar-refractivity contribution in [2.24, 2.45) is 0 Å². The largest absolute Gasteiger partial charge is 0.221 e. The molecule has 0 spiro atoms. The summed E-state index contributed by atoms with van der Waals surface area (Å²) in [6, 6.07) is 13.8. The molecule has 0 radical (unpaired) electrons. The number of nitrogens with zero attached hydrogens (tertiary/aromatic N) is 2. The van der Waals surface area contributed by atoms with Crippen LogP contribution in [0.15, 0.2) is 42.5 Å². The van der Waals surface area contributed by atoms with Crippen LogP contribution < -0.4 is 0 Å². The first-order valence-electron chi connectivity index (χ1n) is 4.38. The minimum absolute atomic E-state index is 0.638. The Morgan fingerprint density at radius 3 is 2.79 bits per heavy atom. The highest BCUT2D eigenvalue weighted by Gasteiger charge is 2.04. The Bertz CT molecular complexity index is 613. The van der Waals surface area contributed by atoms with Gasteiger partial charge in [0.2, 0.25) is 0 Å². The molecule has 2 nitrogen and oxygen atoms in total. The lowest BCUT2D eigenvalue weighted by molar-refractivity contribution is 0.982. The summed E-state index contributed by atoms with van der Waals surface area (Å²) in [6.45, 7) is 0. The maximum Gasteiger partial charge on any atom is 0.131 e. The van der Waals surface area contributed by atoms with Gasteiger partial charge in [0, 0.05) is 5.39 Å². The molecule has 2 heterocycles. The highest BCUT2D eigenvalue weighted by atomic mass is 35.5. The van der Waals surface area contributed by atoms with Crippen molar-refractivity contribution in [2.45, 2.75) is 0 Å². The van der Waals surface area contributed by atoms with E-state index >= 15 is 0 Å². The second-order valence-corrected chi connectivity index (χ2v) is 3.55. The minimum Gasteiger partial charge on any atom is -0.221 e. The van der Waals surface area contributed by atoms with Gasteiger partial charge in [0.1, 0.15) is 5.15 Å². The topological polar surface area (TPSA) is 17.3 Å². The van der Waals surface area contributed by atoms with E-state index in [1.807, 2.05) is 42.5 Å². The Hall–Kier alpha value is -1.54. The Morgan fingerprint density at radius 1 is 1.00 bits per heavy atom. The van der Waals surface area contributed by atoms with Crippen molar-refractivity contribution in [1.29, 1.82) is 0 Å². The summed E-state index contributed by atoms with van der Waals surface area (Å²) in [7, 11) is 0. The van der Waals surface area contributed by atoms with Crippen LogP contribution in [0.25, 0.3) is 16.4 Å². The third-order valence-electron chi connectivity index (χ3n) is 2.31. The second-order valence-electron chi connectivity index (χ2n) is 3.16. The van der Waals surface area contributed by atoms with E-state index in [2.05, 4.69) is 5.10 Å². The van der Waals surface area contributed by atoms with Gasteiger partial charge < -0.3 is 0 Å². The number of benzene rings is 1. The fourth-order valence-corrected chi connectivity index (χ4v) is 1.87. The van der Waals surface area contributed by atoms with Gasteiger partial charge in [-0.1, -0.05) is 35.9 Å². The van der Waals surface area contributed by atoms with Crippen molar-refractivity contribution < 1.29 is 0 Å². The van der Waals surface area contributed by atoms with Gasteiger partial charge >= 0.3 is 0 Å². The van der Waals surface area contributed by atoms with E-state index in [0.717, 1.165) is 16.4 Å². The van der Waals surface area contributed by atoms with E-state index in [4.69, 9.17) is 11.6 Å². The van der Waals surface area contributed by atoms with Gasteiger partial charge in [-0.25, -0.2) is 4.52 Å². The molecule has 3 rings (SSSR count). The van der Waals surface area contributed by atoms with Gasteiger partial charge in [0.25, 0.3) is 0 Å². The average Bonchev–Trinajstić information content (AvgIpc) is 2.59. The normalized spacial score (nSPS) is 11.2. The number of hydrogen-bond acceptors (Lipinski definition) is 1. The van der Waals surface area contributed by atoms with Crippen LogP contribution in [0.5, 0.6) is 0 Å². The Morgan fingerprint density at radius 2 is 1.86 bits per heavy atom. The van der Waals surface area contributed by atoms with Crippen molar-refractivity contribution in [3.05, 3.63) is 47.6 Å². The first kappa shape index (κ1) is 7.83. The number of pyridine rings is 1. The summed E-state index contributed by atoms with van der Waals surface area (Å²) in [5, 5.41) is 6.17. The highest BCUT2D eigenvalue weighted by Crippen LogP contribution is 2.21. The van der Waals surface area contributed by atoms with Crippen molar-refractivity contribution in [1.82, 2.24) is 9.61 Å². The summed E-state index contributed by atoms with van der Waals surface area (Å²) in [6.07, 6.45) is 0. The number of hydrogen-bond donors (Lipinski definition) is 0. The molecule has 0 saturated heterocycles. The van der Waals surface area contributed by atoms with E-state index < -0.39 is 0 Å². The Kier molecular flexibility index (Phi) is 1.52. The average molecular weight is 203 g/mol. The van der Waals surface area contributed by atoms with E-state index in [0.29, 0.717) is 5.15 Å². The van der Waals surface area contributed by atoms with Gasteiger partial charge in [-0.2, -0.15) is 5.10 Å². The first-order valence-corrected chi connectivity index (χ1v) is 4.76. The zero-order chi connectivity index (χ0) is 9.54. The summed E-state index contributed by atoms with van der Waals surface area (Å²) in [4.78, 5) is 0. The molecule has 0 unspecified atom stereocenters. The van der Waals surface area contributed by atoms with Crippen LogP contribution in [0.2, 0.25) is 5.15 Å². The Labute approximate surface area is 85.7 Å². The van der Waals surface area contributed by atoms with Crippen LogP contribution in [-0.2, 0) is 0 Å². The molecule has 0 saturated carbocycles. The molecule has 0 amide bonds. The maximum absolute atomic E-state index is 6.03. The molecule has 2 aromatic heterocycles. The molecule has 3 aromatic rings. The van der Waals surface area contributed by atoms with Crippen LogP contribution in [0, 0.1) is 0 Å². The zero-order valence-corrected chi connectivity index (χ0v) is 8.07. The summed E-state index contributed by atoms with van der Waals surface area (Å²) < 4.78 is 1.76. The first-order chi connectivity index (χ1) is 6.86. The van der Waals surface area contributed by atoms with E-state index in [9.17, 15) is 0 Å². The van der Waals surface area contributed by atoms with E-state index in [1.54, 1.807) is 4.52 Å². The third kappa shape index (κ3) is 0.946. The number of fused-ring (bicyclic) bond motifs is 3. The molecule has 68 valence electrons. The number of aromatic nitrogens is 2. The molecule has 3 heteroatoms. The SMILES string of the molecule is Clc1cccc2c3ccccc3nn12. The summed E-state index contributed by atoms with van der Waals surface area (Å²) in [5.41, 5.74) is 2.02. The molecule has 0 aliphatic carbocycles. The van der Waals surface area contributed by atoms with Crippen molar-refractivity contribution in [3.8, 4) is 0 Å². The fraction of sp³-hybridized carbons (Fsp3) is 0. The molecule has 0 aliphatic rings. The summed E-state index contributed by atoms with van der Waals surface area (Å²) >= 11 is 6.03. The summed E-state index contributed by atoms with van der Waals surface area (Å²) in [5.74, 6) is 0. The van der Waals surface area contributed by atoms with Gasteiger partial charge in [-0.3, -0.25) is 0 Å². The minimum atomic E-state index is 0.638. The molecule has 1 aromatic carbocycles. The van der Waals surface area contributed by atoms with Gasteiger partial charge in [0.05, 0.1) is 11.0 Å². The Balaban J connectivity index is 2.63. The molecule has 14 heavy (non-hydrogen) atoms. The molecular formula is C11H7ClN2. The van der Waals surface area contributed by atoms with E-state index in [1.165, 1.54) is 0 Å². The quantitative estimate of drug-likeness (QED) is 0.512. The maximum atomic E-state index is 6.03. The molecule has 0 aliphatic heterocycles. The molecule has 0 N–H and O–H groups in total. The van der Waals surface area contributed by atoms with Gasteiger partial charge in [-0.15, -0.1) is 0 Å². The van der Waals surface area contributed by atoms with Crippen molar-refractivity contribution in [2.75, 3.05) is 0 Å². The fourth-order valence-electron chi connectivity index (χ4n) is 1.67. The van der Waals surface area contributed by atoms with Gasteiger partial charge in [-0.05, 0) is 18.2 Å². The lowest BCUT2D eigenvalue weighted by Crippen LogP contribution is -1.86. The smallest absolute Gasteiger partial charge is 0.131 e. The van der Waals surface area contributed by atoms with Gasteiger partial charge in [0.15, 0.2) is 0 Å². The third-order valence-corrected chi connectivity index (χ3v) is 2.59. The number of halogens is 1. The second kappa shape index (κ2) is 2.72. The molecular weight excluding hydrogens is 196 g/mol. The monoisotopic (exact) mass is 202 g/mol. The van der Waals surface area contributed by atoms with Crippen LogP contribution in [-0.4, -0.2) is 9.61 Å². The van der Waals surface area contributed by atoms with Crippen molar-refractivity contribution >= 4 is 28.0 Å². The van der Waals surface area contributed by atoms with Crippen molar-refractivity contribution in [3.63, 3.8) is 0 Å². The van der Waals surface area contributed by atoms with E-state index in [-0.39, 0.29) is 0 Å². The standard InChI is InChI=1S/C11H7ClN2/c12-11-7-3-6-10-8-4-1-2-5-9(8)13-14(10)11/h1-7H. The molecule has 0 bridgehead atoms. The molecule has 0 atom stereocenters. The molecule has 0 fully saturated rings. The lowest BCUT2D eigenvalue weighted by Gasteiger charge is -1.94. The van der Waals surface area contributed by atoms with Crippen LogP contribution >= 0.6 is 11.6 Å². The van der Waals surface area contributed by atoms with Crippen LogP contribution in [0.3, 0.4) is 0 Å². The number of rotatable bonds is 0. The van der Waals surface area contributed by atoms with Crippen LogP contribution in [0.4, 0.5) is 0 Å². The predicted molar refractivity (Wildman–Crippen MR) is 57.7 cm³/mol.